The average molecular weight is 259 g/mol. The number of benzene rings is 1. The SMILES string of the molecule is O=S(=O)(CCCl)c1ccc2c(c1)CCCC2. The molecule has 0 spiro atoms. The molecule has 2 rings (SSSR count). The Bertz CT molecular complexity index is 480. The van der Waals surface area contributed by atoms with Gasteiger partial charge in [-0.05, 0) is 48.9 Å². The summed E-state index contributed by atoms with van der Waals surface area (Å²) < 4.78 is 23.7. The van der Waals surface area contributed by atoms with Crippen LogP contribution in [0.2, 0.25) is 0 Å². The third-order valence-electron chi connectivity index (χ3n) is 3.02. The molecule has 1 aromatic rings. The van der Waals surface area contributed by atoms with E-state index in [-0.39, 0.29) is 11.6 Å². The van der Waals surface area contributed by atoms with Crippen LogP contribution in [0.5, 0.6) is 0 Å². The standard InChI is InChI=1S/C12H15ClO2S/c13-7-8-16(14,15)12-6-5-10-3-1-2-4-11(10)9-12/h5-6,9H,1-4,7-8H2. The monoisotopic (exact) mass is 258 g/mol. The van der Waals surface area contributed by atoms with E-state index in [0.29, 0.717) is 4.90 Å². The lowest BCUT2D eigenvalue weighted by molar-refractivity contribution is 0.596. The van der Waals surface area contributed by atoms with Crippen LogP contribution in [0.3, 0.4) is 0 Å². The fraction of sp³-hybridized carbons (Fsp3) is 0.500. The van der Waals surface area contributed by atoms with Crippen molar-refractivity contribution >= 4 is 21.4 Å². The van der Waals surface area contributed by atoms with Gasteiger partial charge in [-0.15, -0.1) is 11.6 Å². The van der Waals surface area contributed by atoms with Crippen molar-refractivity contribution in [2.45, 2.75) is 30.6 Å². The maximum atomic E-state index is 11.8. The predicted octanol–water partition coefficient (Wildman–Crippen LogP) is 2.58. The van der Waals surface area contributed by atoms with E-state index >= 15 is 0 Å². The zero-order valence-corrected chi connectivity index (χ0v) is 10.6. The molecule has 0 N–H and O–H groups in total. The molecular weight excluding hydrogens is 244 g/mol. The van der Waals surface area contributed by atoms with Crippen LogP contribution in [0.25, 0.3) is 0 Å². The smallest absolute Gasteiger partial charge is 0.179 e. The number of sulfone groups is 1. The Morgan fingerprint density at radius 3 is 2.50 bits per heavy atom. The van der Waals surface area contributed by atoms with Crippen molar-refractivity contribution in [1.29, 1.82) is 0 Å². The number of hydrogen-bond donors (Lipinski definition) is 0. The van der Waals surface area contributed by atoms with Crippen LogP contribution in [-0.2, 0) is 22.7 Å². The lowest BCUT2D eigenvalue weighted by atomic mass is 9.92. The molecule has 2 nitrogen and oxygen atoms in total. The minimum Gasteiger partial charge on any atom is -0.224 e. The molecule has 16 heavy (non-hydrogen) atoms. The van der Waals surface area contributed by atoms with Crippen LogP contribution in [0.4, 0.5) is 0 Å². The maximum absolute atomic E-state index is 11.8. The van der Waals surface area contributed by atoms with Crippen molar-refractivity contribution in [3.63, 3.8) is 0 Å². The van der Waals surface area contributed by atoms with Crippen LogP contribution in [0.1, 0.15) is 24.0 Å². The Balaban J connectivity index is 2.37. The Morgan fingerprint density at radius 2 is 1.81 bits per heavy atom. The molecule has 0 fully saturated rings. The van der Waals surface area contributed by atoms with Gasteiger partial charge in [-0.3, -0.25) is 0 Å². The number of aryl methyl sites for hydroxylation is 2. The third kappa shape index (κ3) is 2.41. The summed E-state index contributed by atoms with van der Waals surface area (Å²) >= 11 is 5.50. The maximum Gasteiger partial charge on any atom is 0.179 e. The summed E-state index contributed by atoms with van der Waals surface area (Å²) in [5, 5.41) is 0. The van der Waals surface area contributed by atoms with Gasteiger partial charge < -0.3 is 0 Å². The van der Waals surface area contributed by atoms with Gasteiger partial charge in [0.15, 0.2) is 9.84 Å². The van der Waals surface area contributed by atoms with Gasteiger partial charge in [0.05, 0.1) is 10.6 Å². The average Bonchev–Trinajstić information content (AvgIpc) is 2.28. The predicted molar refractivity (Wildman–Crippen MR) is 65.9 cm³/mol. The Labute approximate surface area is 102 Å². The van der Waals surface area contributed by atoms with Gasteiger partial charge in [0.25, 0.3) is 0 Å². The zero-order valence-electron chi connectivity index (χ0n) is 9.08. The number of rotatable bonds is 3. The molecule has 0 bridgehead atoms. The second-order valence-electron chi connectivity index (χ2n) is 4.15. The van der Waals surface area contributed by atoms with E-state index in [2.05, 4.69) is 0 Å². The summed E-state index contributed by atoms with van der Waals surface area (Å²) in [7, 11) is -3.18. The highest BCUT2D eigenvalue weighted by Crippen LogP contribution is 2.24. The summed E-state index contributed by atoms with van der Waals surface area (Å²) in [5.41, 5.74) is 2.50. The van der Waals surface area contributed by atoms with Gasteiger partial charge in [-0.1, -0.05) is 6.07 Å². The quantitative estimate of drug-likeness (QED) is 0.781. The number of halogens is 1. The highest BCUT2D eigenvalue weighted by Gasteiger charge is 2.17. The third-order valence-corrected chi connectivity index (χ3v) is 5.15. The molecule has 0 aromatic heterocycles. The van der Waals surface area contributed by atoms with E-state index < -0.39 is 9.84 Å². The van der Waals surface area contributed by atoms with E-state index in [0.717, 1.165) is 19.3 Å². The van der Waals surface area contributed by atoms with Crippen LogP contribution >= 0.6 is 11.6 Å². The molecule has 1 aliphatic carbocycles. The van der Waals surface area contributed by atoms with E-state index in [9.17, 15) is 8.42 Å². The Kier molecular flexibility index (Phi) is 3.55. The Morgan fingerprint density at radius 1 is 1.12 bits per heavy atom. The van der Waals surface area contributed by atoms with Crippen molar-refractivity contribution < 1.29 is 8.42 Å². The Hall–Kier alpha value is -0.540. The van der Waals surface area contributed by atoms with E-state index in [1.165, 1.54) is 17.5 Å². The number of fused-ring (bicyclic) bond motifs is 1. The molecule has 0 saturated heterocycles. The van der Waals surface area contributed by atoms with E-state index in [4.69, 9.17) is 11.6 Å². The van der Waals surface area contributed by atoms with E-state index in [1.807, 2.05) is 12.1 Å². The van der Waals surface area contributed by atoms with Gasteiger partial charge in [0.2, 0.25) is 0 Å². The molecule has 1 aliphatic rings. The van der Waals surface area contributed by atoms with Crippen LogP contribution in [0.15, 0.2) is 23.1 Å². The van der Waals surface area contributed by atoms with Crippen molar-refractivity contribution in [2.75, 3.05) is 11.6 Å². The van der Waals surface area contributed by atoms with Crippen LogP contribution < -0.4 is 0 Å². The lowest BCUT2D eigenvalue weighted by Crippen LogP contribution is -2.10. The molecule has 0 heterocycles. The van der Waals surface area contributed by atoms with Crippen molar-refractivity contribution in [3.05, 3.63) is 29.3 Å². The van der Waals surface area contributed by atoms with Crippen LogP contribution in [0, 0.1) is 0 Å². The molecule has 0 aliphatic heterocycles. The fourth-order valence-electron chi connectivity index (χ4n) is 2.12. The normalized spacial score (nSPS) is 15.8. The summed E-state index contributed by atoms with van der Waals surface area (Å²) in [4.78, 5) is 0.425. The molecule has 4 heteroatoms. The summed E-state index contributed by atoms with van der Waals surface area (Å²) in [6, 6.07) is 5.50. The highest BCUT2D eigenvalue weighted by molar-refractivity contribution is 7.91. The van der Waals surface area contributed by atoms with Crippen molar-refractivity contribution in [1.82, 2.24) is 0 Å². The zero-order chi connectivity index (χ0) is 11.6. The van der Waals surface area contributed by atoms with Crippen LogP contribution in [-0.4, -0.2) is 20.1 Å². The van der Waals surface area contributed by atoms with Gasteiger partial charge in [-0.25, -0.2) is 8.42 Å². The molecule has 0 unspecified atom stereocenters. The largest absolute Gasteiger partial charge is 0.224 e. The van der Waals surface area contributed by atoms with Gasteiger partial charge in [0.1, 0.15) is 0 Å². The number of hydrogen-bond acceptors (Lipinski definition) is 2. The van der Waals surface area contributed by atoms with Gasteiger partial charge >= 0.3 is 0 Å². The minimum atomic E-state index is -3.18. The summed E-state index contributed by atoms with van der Waals surface area (Å²) in [5.74, 6) is 0.173. The first-order valence-electron chi connectivity index (χ1n) is 5.54. The fourth-order valence-corrected chi connectivity index (χ4v) is 3.77. The van der Waals surface area contributed by atoms with Gasteiger partial charge in [0, 0.05) is 5.88 Å². The van der Waals surface area contributed by atoms with Gasteiger partial charge in [-0.2, -0.15) is 0 Å². The second-order valence-corrected chi connectivity index (χ2v) is 6.63. The molecular formula is C12H15ClO2S. The summed E-state index contributed by atoms with van der Waals surface area (Å²) in [6.45, 7) is 0. The second kappa shape index (κ2) is 4.76. The molecule has 0 amide bonds. The molecule has 0 radical (unpaired) electrons. The number of alkyl halides is 1. The molecule has 88 valence electrons. The van der Waals surface area contributed by atoms with E-state index in [1.54, 1.807) is 6.07 Å². The molecule has 1 aromatic carbocycles. The topological polar surface area (TPSA) is 34.1 Å². The minimum absolute atomic E-state index is 0.0212. The lowest BCUT2D eigenvalue weighted by Gasteiger charge is -2.16. The van der Waals surface area contributed by atoms with Crippen molar-refractivity contribution in [3.8, 4) is 0 Å². The first kappa shape index (κ1) is 11.9. The highest BCUT2D eigenvalue weighted by atomic mass is 35.5. The first-order chi connectivity index (χ1) is 7.63. The summed E-state index contributed by atoms with van der Waals surface area (Å²) in [6.07, 6.45) is 4.44. The van der Waals surface area contributed by atoms with Crippen molar-refractivity contribution in [2.24, 2.45) is 0 Å². The first-order valence-corrected chi connectivity index (χ1v) is 7.73. The molecule has 0 atom stereocenters. The molecule has 0 saturated carbocycles.